The van der Waals surface area contributed by atoms with E-state index in [0.717, 1.165) is 18.4 Å². The fourth-order valence-corrected chi connectivity index (χ4v) is 1.31. The largest absolute Gasteiger partial charge is 0.354 e. The molecular formula is C9H12FN3. The van der Waals surface area contributed by atoms with Crippen molar-refractivity contribution in [3.8, 4) is 0 Å². The van der Waals surface area contributed by atoms with E-state index >= 15 is 0 Å². The van der Waals surface area contributed by atoms with E-state index in [-0.39, 0.29) is 0 Å². The number of aromatic nitrogens is 2. The topological polar surface area (TPSA) is 37.8 Å². The van der Waals surface area contributed by atoms with Crippen LogP contribution in [0.1, 0.15) is 13.3 Å². The minimum absolute atomic E-state index is 0.398. The van der Waals surface area contributed by atoms with Gasteiger partial charge in [-0.15, -0.1) is 0 Å². The van der Waals surface area contributed by atoms with Gasteiger partial charge in [-0.25, -0.2) is 14.4 Å². The van der Waals surface area contributed by atoms with Gasteiger partial charge < -0.3 is 5.32 Å². The first kappa shape index (κ1) is 8.41. The Kier molecular flexibility index (Phi) is 2.12. The second kappa shape index (κ2) is 3.28. The van der Waals surface area contributed by atoms with Crippen LogP contribution in [-0.4, -0.2) is 16.5 Å². The van der Waals surface area contributed by atoms with Crippen LogP contribution in [0.5, 0.6) is 0 Å². The van der Waals surface area contributed by atoms with Gasteiger partial charge in [-0.3, -0.25) is 0 Å². The number of anilines is 1. The molecule has 4 heteroatoms. The highest BCUT2D eigenvalue weighted by atomic mass is 19.1. The number of hydrogen-bond donors (Lipinski definition) is 1. The van der Waals surface area contributed by atoms with E-state index in [9.17, 15) is 4.39 Å². The van der Waals surface area contributed by atoms with Crippen molar-refractivity contribution < 1.29 is 4.39 Å². The van der Waals surface area contributed by atoms with Crippen molar-refractivity contribution in [2.75, 3.05) is 11.9 Å². The van der Waals surface area contributed by atoms with Crippen molar-refractivity contribution in [1.29, 1.82) is 0 Å². The molecule has 1 heterocycles. The Hall–Kier alpha value is -1.19. The number of nitrogens with zero attached hydrogens (tertiary/aromatic N) is 2. The van der Waals surface area contributed by atoms with Crippen LogP contribution < -0.4 is 5.32 Å². The molecule has 1 aliphatic rings. The van der Waals surface area contributed by atoms with E-state index in [1.807, 2.05) is 0 Å². The Bertz CT molecular complexity index is 285. The Morgan fingerprint density at radius 3 is 2.69 bits per heavy atom. The molecule has 2 rings (SSSR count). The number of rotatable bonds is 3. The lowest BCUT2D eigenvalue weighted by molar-refractivity contribution is 0.613. The maximum atomic E-state index is 12.4. The van der Waals surface area contributed by atoms with Crippen molar-refractivity contribution in [2.45, 2.75) is 13.3 Å². The second-order valence-corrected chi connectivity index (χ2v) is 3.58. The Morgan fingerprint density at radius 1 is 1.54 bits per heavy atom. The van der Waals surface area contributed by atoms with Crippen molar-refractivity contribution in [3.05, 3.63) is 18.2 Å². The highest BCUT2D eigenvalue weighted by Gasteiger charge is 2.31. The monoisotopic (exact) mass is 181 g/mol. The molecule has 70 valence electrons. The quantitative estimate of drug-likeness (QED) is 0.771. The van der Waals surface area contributed by atoms with Gasteiger partial charge in [0.05, 0.1) is 12.4 Å². The lowest BCUT2D eigenvalue weighted by Gasteiger charge is -2.01. The van der Waals surface area contributed by atoms with Gasteiger partial charge in [-0.05, 0) is 18.3 Å². The third-order valence-electron chi connectivity index (χ3n) is 2.42. The minimum atomic E-state index is -0.398. The molecule has 1 N–H and O–H groups in total. The van der Waals surface area contributed by atoms with Crippen molar-refractivity contribution in [2.24, 2.45) is 11.8 Å². The minimum Gasteiger partial charge on any atom is -0.354 e. The predicted molar refractivity (Wildman–Crippen MR) is 47.8 cm³/mol. The second-order valence-electron chi connectivity index (χ2n) is 3.58. The van der Waals surface area contributed by atoms with Gasteiger partial charge in [0.25, 0.3) is 0 Å². The van der Waals surface area contributed by atoms with Crippen molar-refractivity contribution in [3.63, 3.8) is 0 Å². The molecule has 1 aromatic rings. The van der Waals surface area contributed by atoms with Gasteiger partial charge in [-0.1, -0.05) is 6.92 Å². The van der Waals surface area contributed by atoms with Crippen LogP contribution in [0.25, 0.3) is 0 Å². The van der Waals surface area contributed by atoms with Gasteiger partial charge in [0.2, 0.25) is 5.95 Å². The van der Waals surface area contributed by atoms with E-state index in [2.05, 4.69) is 22.2 Å². The summed E-state index contributed by atoms with van der Waals surface area (Å²) in [5.74, 6) is 1.67. The normalized spacial score (nSPS) is 25.7. The van der Waals surface area contributed by atoms with Crippen LogP contribution in [0.15, 0.2) is 12.4 Å². The molecule has 3 nitrogen and oxygen atoms in total. The van der Waals surface area contributed by atoms with Crippen LogP contribution in [-0.2, 0) is 0 Å². The average molecular weight is 181 g/mol. The molecule has 1 aliphatic carbocycles. The molecule has 2 unspecified atom stereocenters. The van der Waals surface area contributed by atoms with Crippen molar-refractivity contribution in [1.82, 2.24) is 9.97 Å². The maximum absolute atomic E-state index is 12.4. The van der Waals surface area contributed by atoms with Gasteiger partial charge in [0.15, 0.2) is 5.82 Å². The molecule has 0 saturated heterocycles. The van der Waals surface area contributed by atoms with Gasteiger partial charge >= 0.3 is 0 Å². The molecule has 0 amide bonds. The van der Waals surface area contributed by atoms with Crippen LogP contribution in [0, 0.1) is 17.7 Å². The summed E-state index contributed by atoms with van der Waals surface area (Å²) in [6.45, 7) is 3.12. The zero-order valence-corrected chi connectivity index (χ0v) is 7.50. The number of halogens is 1. The highest BCUT2D eigenvalue weighted by molar-refractivity contribution is 5.23. The average Bonchev–Trinajstić information content (AvgIpc) is 2.81. The molecule has 0 spiro atoms. The summed E-state index contributed by atoms with van der Waals surface area (Å²) in [5, 5.41) is 3.08. The van der Waals surface area contributed by atoms with Gasteiger partial charge in [0.1, 0.15) is 0 Å². The van der Waals surface area contributed by atoms with Gasteiger partial charge in [0, 0.05) is 6.54 Å². The summed E-state index contributed by atoms with van der Waals surface area (Å²) in [6, 6.07) is 0. The number of nitrogens with one attached hydrogen (secondary N) is 1. The van der Waals surface area contributed by atoms with Gasteiger partial charge in [-0.2, -0.15) is 0 Å². The van der Waals surface area contributed by atoms with Crippen LogP contribution in [0.4, 0.5) is 10.3 Å². The fourth-order valence-electron chi connectivity index (χ4n) is 1.31. The first-order chi connectivity index (χ1) is 6.25. The first-order valence-electron chi connectivity index (χ1n) is 4.47. The Morgan fingerprint density at radius 2 is 2.15 bits per heavy atom. The van der Waals surface area contributed by atoms with E-state index in [0.29, 0.717) is 5.95 Å². The number of hydrogen-bond acceptors (Lipinski definition) is 3. The standard InChI is InChI=1S/C9H12FN3/c1-6-2-7(6)3-11-9-12-4-8(10)5-13-9/h4-7H,2-3H2,1H3,(H,11,12,13). The molecule has 0 aromatic carbocycles. The van der Waals surface area contributed by atoms with E-state index in [1.165, 1.54) is 18.8 Å². The zero-order valence-electron chi connectivity index (χ0n) is 7.50. The Balaban J connectivity index is 1.84. The zero-order chi connectivity index (χ0) is 9.26. The smallest absolute Gasteiger partial charge is 0.222 e. The molecule has 1 aromatic heterocycles. The first-order valence-corrected chi connectivity index (χ1v) is 4.47. The van der Waals surface area contributed by atoms with Crippen LogP contribution in [0.3, 0.4) is 0 Å². The maximum Gasteiger partial charge on any atom is 0.222 e. The predicted octanol–water partition coefficient (Wildman–Crippen LogP) is 1.68. The van der Waals surface area contributed by atoms with E-state index in [1.54, 1.807) is 0 Å². The highest BCUT2D eigenvalue weighted by Crippen LogP contribution is 2.37. The summed E-state index contributed by atoms with van der Waals surface area (Å²) < 4.78 is 12.4. The summed E-state index contributed by atoms with van der Waals surface area (Å²) in [6.07, 6.45) is 3.62. The summed E-state index contributed by atoms with van der Waals surface area (Å²) in [5.41, 5.74) is 0. The van der Waals surface area contributed by atoms with E-state index in [4.69, 9.17) is 0 Å². The molecule has 2 atom stereocenters. The van der Waals surface area contributed by atoms with E-state index < -0.39 is 5.82 Å². The van der Waals surface area contributed by atoms with Crippen molar-refractivity contribution >= 4 is 5.95 Å². The molecule has 0 radical (unpaired) electrons. The molecule has 1 saturated carbocycles. The fraction of sp³-hybridized carbons (Fsp3) is 0.556. The molecule has 1 fully saturated rings. The third kappa shape index (κ3) is 2.14. The SMILES string of the molecule is CC1CC1CNc1ncc(F)cn1. The van der Waals surface area contributed by atoms with Crippen LogP contribution in [0.2, 0.25) is 0 Å². The lowest BCUT2D eigenvalue weighted by atomic mass is 10.3. The molecule has 0 bridgehead atoms. The lowest BCUT2D eigenvalue weighted by Crippen LogP contribution is -2.07. The Labute approximate surface area is 76.4 Å². The molecule has 13 heavy (non-hydrogen) atoms. The molecular weight excluding hydrogens is 169 g/mol. The summed E-state index contributed by atoms with van der Waals surface area (Å²) in [4.78, 5) is 7.61. The summed E-state index contributed by atoms with van der Waals surface area (Å²) >= 11 is 0. The third-order valence-corrected chi connectivity index (χ3v) is 2.42. The summed E-state index contributed by atoms with van der Waals surface area (Å²) in [7, 11) is 0. The van der Waals surface area contributed by atoms with Crippen LogP contribution >= 0.6 is 0 Å². The molecule has 0 aliphatic heterocycles.